The van der Waals surface area contributed by atoms with Crippen molar-refractivity contribution in [2.45, 2.75) is 13.3 Å². The van der Waals surface area contributed by atoms with Gasteiger partial charge in [0, 0.05) is 12.0 Å². The Balaban J connectivity index is 2.22. The highest BCUT2D eigenvalue weighted by molar-refractivity contribution is 6.30. The fourth-order valence-corrected chi connectivity index (χ4v) is 2.04. The van der Waals surface area contributed by atoms with Crippen molar-refractivity contribution in [3.05, 3.63) is 69.7 Å². The van der Waals surface area contributed by atoms with Crippen molar-refractivity contribution >= 4 is 17.4 Å². The number of hydrogen-bond acceptors (Lipinski definition) is 1. The third kappa shape index (κ3) is 3.38. The normalized spacial score (nSPS) is 10.5. The Morgan fingerprint density at radius 1 is 1.16 bits per heavy atom. The van der Waals surface area contributed by atoms with Crippen LogP contribution in [0.1, 0.15) is 21.5 Å². The van der Waals surface area contributed by atoms with Crippen LogP contribution in [-0.4, -0.2) is 5.78 Å². The van der Waals surface area contributed by atoms with Gasteiger partial charge in [-0.25, -0.2) is 8.78 Å². The number of rotatable bonds is 3. The molecule has 0 fully saturated rings. The maximum Gasteiger partial charge on any atom is 0.167 e. The van der Waals surface area contributed by atoms with Crippen molar-refractivity contribution in [3.63, 3.8) is 0 Å². The topological polar surface area (TPSA) is 17.1 Å². The number of hydrogen-bond donors (Lipinski definition) is 0. The molecule has 0 aliphatic rings. The van der Waals surface area contributed by atoms with Crippen LogP contribution in [0.2, 0.25) is 5.02 Å². The van der Waals surface area contributed by atoms with Crippen LogP contribution in [-0.2, 0) is 6.42 Å². The smallest absolute Gasteiger partial charge is 0.167 e. The van der Waals surface area contributed by atoms with E-state index in [0.29, 0.717) is 16.7 Å². The molecule has 0 saturated carbocycles. The standard InChI is InChI=1S/C15H11ClF2O/c1-9-4-11(8-12(17)5-9)15(19)7-10-2-3-14(18)13(16)6-10/h2-6,8H,7H2,1H3. The Morgan fingerprint density at radius 3 is 2.53 bits per heavy atom. The number of halogens is 3. The Bertz CT molecular complexity index is 618. The molecule has 98 valence electrons. The number of aryl methyl sites for hydroxylation is 1. The zero-order chi connectivity index (χ0) is 14.0. The van der Waals surface area contributed by atoms with Crippen LogP contribution in [0.5, 0.6) is 0 Å². The second-order valence-corrected chi connectivity index (χ2v) is 4.77. The summed E-state index contributed by atoms with van der Waals surface area (Å²) in [4.78, 5) is 12.0. The molecule has 0 heterocycles. The SMILES string of the molecule is Cc1cc(F)cc(C(=O)Cc2ccc(F)c(Cl)c2)c1. The molecule has 0 aromatic heterocycles. The molecular weight excluding hydrogens is 270 g/mol. The van der Waals surface area contributed by atoms with Crippen LogP contribution < -0.4 is 0 Å². The molecule has 4 heteroatoms. The predicted molar refractivity (Wildman–Crippen MR) is 70.6 cm³/mol. The van der Waals surface area contributed by atoms with Gasteiger partial charge in [-0.05, 0) is 48.4 Å². The first-order chi connectivity index (χ1) is 8.95. The minimum absolute atomic E-state index is 0.0271. The molecule has 2 aromatic carbocycles. The Kier molecular flexibility index (Phi) is 3.96. The van der Waals surface area contributed by atoms with Gasteiger partial charge >= 0.3 is 0 Å². The molecule has 1 nitrogen and oxygen atoms in total. The average Bonchev–Trinajstić information content (AvgIpc) is 2.32. The van der Waals surface area contributed by atoms with Gasteiger partial charge in [-0.15, -0.1) is 0 Å². The molecule has 0 amide bonds. The van der Waals surface area contributed by atoms with Crippen LogP contribution in [0.3, 0.4) is 0 Å². The largest absolute Gasteiger partial charge is 0.294 e. The van der Waals surface area contributed by atoms with Gasteiger partial charge in [-0.1, -0.05) is 17.7 Å². The van der Waals surface area contributed by atoms with Crippen molar-refractivity contribution < 1.29 is 13.6 Å². The summed E-state index contributed by atoms with van der Waals surface area (Å²) in [5.41, 5.74) is 1.58. The third-order valence-electron chi connectivity index (χ3n) is 2.71. The van der Waals surface area contributed by atoms with Gasteiger partial charge in [0.15, 0.2) is 5.78 Å². The number of carbonyl (C=O) groups is 1. The zero-order valence-corrected chi connectivity index (χ0v) is 11.0. The molecule has 0 radical (unpaired) electrons. The monoisotopic (exact) mass is 280 g/mol. The Hall–Kier alpha value is -1.74. The van der Waals surface area contributed by atoms with Gasteiger partial charge in [0.1, 0.15) is 11.6 Å². The summed E-state index contributed by atoms with van der Waals surface area (Å²) in [6, 6.07) is 8.27. The number of ketones is 1. The Morgan fingerprint density at radius 2 is 1.89 bits per heavy atom. The lowest BCUT2D eigenvalue weighted by atomic mass is 10.0. The zero-order valence-electron chi connectivity index (χ0n) is 10.2. The number of Topliss-reactive ketones (excluding diaryl/α,β-unsaturated/α-hetero) is 1. The molecule has 0 N–H and O–H groups in total. The summed E-state index contributed by atoms with van der Waals surface area (Å²) < 4.78 is 26.2. The van der Waals surface area contributed by atoms with Crippen molar-refractivity contribution in [1.29, 1.82) is 0 Å². The van der Waals surface area contributed by atoms with E-state index in [4.69, 9.17) is 11.6 Å². The van der Waals surface area contributed by atoms with E-state index in [-0.39, 0.29) is 17.2 Å². The second-order valence-electron chi connectivity index (χ2n) is 4.37. The third-order valence-corrected chi connectivity index (χ3v) is 3.00. The highest BCUT2D eigenvalue weighted by Gasteiger charge is 2.10. The molecule has 0 bridgehead atoms. The minimum atomic E-state index is -0.528. The van der Waals surface area contributed by atoms with Crippen molar-refractivity contribution in [3.8, 4) is 0 Å². The van der Waals surface area contributed by atoms with Gasteiger partial charge in [-0.3, -0.25) is 4.79 Å². The summed E-state index contributed by atoms with van der Waals surface area (Å²) in [6.07, 6.45) is 0.0584. The van der Waals surface area contributed by atoms with Gasteiger partial charge in [0.25, 0.3) is 0 Å². The van der Waals surface area contributed by atoms with Crippen molar-refractivity contribution in [1.82, 2.24) is 0 Å². The lowest BCUT2D eigenvalue weighted by molar-refractivity contribution is 0.0992. The fourth-order valence-electron chi connectivity index (χ4n) is 1.83. The molecule has 0 aliphatic carbocycles. The van der Waals surface area contributed by atoms with Crippen LogP contribution in [0.25, 0.3) is 0 Å². The van der Waals surface area contributed by atoms with E-state index in [1.807, 2.05) is 0 Å². The maximum absolute atomic E-state index is 13.2. The van der Waals surface area contributed by atoms with E-state index in [1.165, 1.54) is 30.3 Å². The van der Waals surface area contributed by atoms with E-state index in [9.17, 15) is 13.6 Å². The molecule has 19 heavy (non-hydrogen) atoms. The fraction of sp³-hybridized carbons (Fsp3) is 0.133. The van der Waals surface area contributed by atoms with E-state index in [0.717, 1.165) is 0 Å². The van der Waals surface area contributed by atoms with Crippen LogP contribution in [0, 0.1) is 18.6 Å². The molecule has 0 saturated heterocycles. The van der Waals surface area contributed by atoms with Gasteiger partial charge in [0.05, 0.1) is 5.02 Å². The second kappa shape index (κ2) is 5.49. The average molecular weight is 281 g/mol. The summed E-state index contributed by atoms with van der Waals surface area (Å²) in [5, 5.41) is -0.0271. The minimum Gasteiger partial charge on any atom is -0.294 e. The molecule has 0 spiro atoms. The summed E-state index contributed by atoms with van der Waals surface area (Å²) in [5.74, 6) is -1.20. The van der Waals surface area contributed by atoms with Crippen LogP contribution >= 0.6 is 11.6 Å². The first-order valence-corrected chi connectivity index (χ1v) is 6.08. The van der Waals surface area contributed by atoms with E-state index in [1.54, 1.807) is 13.0 Å². The number of benzene rings is 2. The van der Waals surface area contributed by atoms with Gasteiger partial charge in [0.2, 0.25) is 0 Å². The van der Waals surface area contributed by atoms with E-state index in [2.05, 4.69) is 0 Å². The molecule has 2 rings (SSSR count). The molecule has 0 aliphatic heterocycles. The highest BCUT2D eigenvalue weighted by Crippen LogP contribution is 2.18. The Labute approximate surface area is 114 Å². The van der Waals surface area contributed by atoms with E-state index >= 15 is 0 Å². The maximum atomic E-state index is 13.2. The lowest BCUT2D eigenvalue weighted by Crippen LogP contribution is -2.04. The van der Waals surface area contributed by atoms with Gasteiger partial charge in [-0.2, -0.15) is 0 Å². The molecule has 0 atom stereocenters. The number of carbonyl (C=O) groups excluding carboxylic acids is 1. The highest BCUT2D eigenvalue weighted by atomic mass is 35.5. The molecule has 2 aromatic rings. The van der Waals surface area contributed by atoms with Crippen molar-refractivity contribution in [2.24, 2.45) is 0 Å². The lowest BCUT2D eigenvalue weighted by Gasteiger charge is -2.04. The van der Waals surface area contributed by atoms with E-state index < -0.39 is 11.6 Å². The quantitative estimate of drug-likeness (QED) is 0.764. The van der Waals surface area contributed by atoms with Crippen LogP contribution in [0.15, 0.2) is 36.4 Å². The van der Waals surface area contributed by atoms with Gasteiger partial charge < -0.3 is 0 Å². The summed E-state index contributed by atoms with van der Waals surface area (Å²) in [6.45, 7) is 1.72. The molecule has 0 unspecified atom stereocenters. The molecular formula is C15H11ClF2O. The first-order valence-electron chi connectivity index (χ1n) is 5.70. The summed E-state index contributed by atoms with van der Waals surface area (Å²) >= 11 is 5.65. The predicted octanol–water partition coefficient (Wildman–Crippen LogP) is 4.35. The van der Waals surface area contributed by atoms with Crippen LogP contribution in [0.4, 0.5) is 8.78 Å². The summed E-state index contributed by atoms with van der Waals surface area (Å²) in [7, 11) is 0. The first kappa shape index (κ1) is 13.7. The van der Waals surface area contributed by atoms with Crippen molar-refractivity contribution in [2.75, 3.05) is 0 Å².